The molecule has 0 bridgehead atoms. The van der Waals surface area contributed by atoms with Gasteiger partial charge in [0.15, 0.2) is 0 Å². The highest BCUT2D eigenvalue weighted by molar-refractivity contribution is 6.29. The first-order valence-electron chi connectivity index (χ1n) is 8.61. The first kappa shape index (κ1) is 17.8. The fourth-order valence-corrected chi connectivity index (χ4v) is 3.21. The van der Waals surface area contributed by atoms with E-state index in [2.05, 4.69) is 21.3 Å². The van der Waals surface area contributed by atoms with Gasteiger partial charge in [-0.1, -0.05) is 23.7 Å². The van der Waals surface area contributed by atoms with E-state index in [9.17, 15) is 4.79 Å². The van der Waals surface area contributed by atoms with Crippen molar-refractivity contribution in [1.82, 2.24) is 10.3 Å². The van der Waals surface area contributed by atoms with Gasteiger partial charge in [0.25, 0.3) is 0 Å². The number of ether oxygens (including phenoxy) is 1. The zero-order valence-corrected chi connectivity index (χ0v) is 15.6. The third-order valence-corrected chi connectivity index (χ3v) is 4.41. The second-order valence-corrected chi connectivity index (χ2v) is 7.84. The van der Waals surface area contributed by atoms with Gasteiger partial charge in [-0.3, -0.25) is 0 Å². The molecule has 0 radical (unpaired) electrons. The summed E-state index contributed by atoms with van der Waals surface area (Å²) in [4.78, 5) is 18.7. The standard InChI is InChI=1S/C19H24ClN3O2/c1-19(2,3)22-18(24)25-14-9-11-23(12-10-14)15-6-4-5-13-7-8-16(20)21-17(13)15/h4-8,14H,9-12H2,1-3H3,(H,22,24). The smallest absolute Gasteiger partial charge is 0.407 e. The van der Waals surface area contributed by atoms with E-state index in [1.165, 1.54) is 0 Å². The highest BCUT2D eigenvalue weighted by atomic mass is 35.5. The Morgan fingerprint density at radius 2 is 1.96 bits per heavy atom. The number of nitrogens with zero attached hydrogens (tertiary/aromatic N) is 2. The van der Waals surface area contributed by atoms with E-state index in [0.29, 0.717) is 5.15 Å². The summed E-state index contributed by atoms with van der Waals surface area (Å²) in [6.45, 7) is 7.46. The first-order chi connectivity index (χ1) is 11.8. The second-order valence-electron chi connectivity index (χ2n) is 7.45. The Balaban J connectivity index is 1.65. The number of nitrogens with one attached hydrogen (secondary N) is 1. The Labute approximate surface area is 153 Å². The minimum atomic E-state index is -0.343. The SMILES string of the molecule is CC(C)(C)NC(=O)OC1CCN(c2cccc3ccc(Cl)nc23)CC1. The minimum absolute atomic E-state index is 0.0508. The maximum Gasteiger partial charge on any atom is 0.407 e. The van der Waals surface area contributed by atoms with E-state index in [0.717, 1.165) is 42.5 Å². The number of carbonyl (C=O) groups is 1. The molecule has 1 aliphatic rings. The molecular formula is C19H24ClN3O2. The summed E-state index contributed by atoms with van der Waals surface area (Å²) in [5, 5.41) is 4.41. The number of aromatic nitrogens is 1. The quantitative estimate of drug-likeness (QED) is 0.806. The predicted molar refractivity (Wildman–Crippen MR) is 101 cm³/mol. The summed E-state index contributed by atoms with van der Waals surface area (Å²) in [7, 11) is 0. The van der Waals surface area contributed by atoms with Gasteiger partial charge in [0.05, 0.1) is 11.2 Å². The molecule has 25 heavy (non-hydrogen) atoms. The lowest BCUT2D eigenvalue weighted by molar-refractivity contribution is 0.0777. The molecule has 1 aliphatic heterocycles. The molecule has 0 spiro atoms. The van der Waals surface area contributed by atoms with Crippen molar-refractivity contribution in [2.24, 2.45) is 0 Å². The number of benzene rings is 1. The fraction of sp³-hybridized carbons (Fsp3) is 0.474. The third kappa shape index (κ3) is 4.54. The molecule has 0 saturated carbocycles. The summed E-state index contributed by atoms with van der Waals surface area (Å²) >= 11 is 6.07. The number of anilines is 1. The van der Waals surface area contributed by atoms with Crippen molar-refractivity contribution in [2.75, 3.05) is 18.0 Å². The van der Waals surface area contributed by atoms with Gasteiger partial charge < -0.3 is 15.0 Å². The minimum Gasteiger partial charge on any atom is -0.446 e. The molecule has 1 N–H and O–H groups in total. The van der Waals surface area contributed by atoms with Crippen molar-refractivity contribution in [2.45, 2.75) is 45.3 Å². The molecule has 0 atom stereocenters. The molecule has 2 aromatic rings. The van der Waals surface area contributed by atoms with Crippen molar-refractivity contribution in [3.05, 3.63) is 35.5 Å². The van der Waals surface area contributed by atoms with Gasteiger partial charge in [-0.15, -0.1) is 0 Å². The van der Waals surface area contributed by atoms with Crippen LogP contribution in [0.25, 0.3) is 10.9 Å². The van der Waals surface area contributed by atoms with Crippen LogP contribution in [-0.2, 0) is 4.74 Å². The van der Waals surface area contributed by atoms with Crippen LogP contribution < -0.4 is 10.2 Å². The molecule has 1 fully saturated rings. The van der Waals surface area contributed by atoms with Crippen LogP contribution in [0.4, 0.5) is 10.5 Å². The number of rotatable bonds is 2. The normalized spacial score (nSPS) is 16.1. The number of alkyl carbamates (subject to hydrolysis) is 1. The first-order valence-corrected chi connectivity index (χ1v) is 8.99. The predicted octanol–water partition coefficient (Wildman–Crippen LogP) is 4.38. The van der Waals surface area contributed by atoms with Crippen molar-refractivity contribution < 1.29 is 9.53 Å². The van der Waals surface area contributed by atoms with E-state index in [-0.39, 0.29) is 17.7 Å². The van der Waals surface area contributed by atoms with Gasteiger partial charge in [0.2, 0.25) is 0 Å². The zero-order valence-electron chi connectivity index (χ0n) is 14.9. The molecule has 2 heterocycles. The van der Waals surface area contributed by atoms with Crippen molar-refractivity contribution in [3.63, 3.8) is 0 Å². The lowest BCUT2D eigenvalue weighted by atomic mass is 10.1. The Bertz CT molecular complexity index is 765. The Morgan fingerprint density at radius 1 is 1.24 bits per heavy atom. The maximum absolute atomic E-state index is 11.9. The number of piperidine rings is 1. The van der Waals surface area contributed by atoms with E-state index in [1.54, 1.807) is 0 Å². The van der Waals surface area contributed by atoms with Gasteiger partial charge in [-0.2, -0.15) is 0 Å². The maximum atomic E-state index is 11.9. The molecule has 6 heteroatoms. The van der Waals surface area contributed by atoms with Gasteiger partial charge in [0, 0.05) is 36.9 Å². The monoisotopic (exact) mass is 361 g/mol. The highest BCUT2D eigenvalue weighted by Gasteiger charge is 2.25. The van der Waals surface area contributed by atoms with Crippen LogP contribution in [0.5, 0.6) is 0 Å². The van der Waals surface area contributed by atoms with Gasteiger partial charge in [0.1, 0.15) is 11.3 Å². The molecule has 134 valence electrons. The number of hydrogen-bond donors (Lipinski definition) is 1. The lowest BCUT2D eigenvalue weighted by Gasteiger charge is -2.34. The van der Waals surface area contributed by atoms with Crippen LogP contribution >= 0.6 is 11.6 Å². The van der Waals surface area contributed by atoms with Gasteiger partial charge in [-0.05, 0) is 39.0 Å². The third-order valence-electron chi connectivity index (χ3n) is 4.20. The molecule has 1 saturated heterocycles. The highest BCUT2D eigenvalue weighted by Crippen LogP contribution is 2.29. The van der Waals surface area contributed by atoms with Crippen LogP contribution in [-0.4, -0.2) is 35.8 Å². The number of pyridine rings is 1. The molecule has 0 aliphatic carbocycles. The summed E-state index contributed by atoms with van der Waals surface area (Å²) in [6.07, 6.45) is 1.21. The number of amides is 1. The summed E-state index contributed by atoms with van der Waals surface area (Å²) in [6, 6.07) is 9.93. The van der Waals surface area contributed by atoms with Crippen LogP contribution in [0, 0.1) is 0 Å². The van der Waals surface area contributed by atoms with E-state index < -0.39 is 0 Å². The summed E-state index contributed by atoms with van der Waals surface area (Å²) in [5.41, 5.74) is 1.71. The lowest BCUT2D eigenvalue weighted by Crippen LogP contribution is -2.44. The van der Waals surface area contributed by atoms with E-state index >= 15 is 0 Å². The number of halogens is 1. The molecule has 0 unspecified atom stereocenters. The van der Waals surface area contributed by atoms with Crippen LogP contribution in [0.15, 0.2) is 30.3 Å². The molecule has 3 rings (SSSR count). The number of hydrogen-bond acceptors (Lipinski definition) is 4. The molecule has 5 nitrogen and oxygen atoms in total. The number of para-hydroxylation sites is 1. The van der Waals surface area contributed by atoms with Gasteiger partial charge in [-0.25, -0.2) is 9.78 Å². The molecule has 1 amide bonds. The second kappa shape index (κ2) is 7.08. The van der Waals surface area contributed by atoms with Gasteiger partial charge >= 0.3 is 6.09 Å². The van der Waals surface area contributed by atoms with Crippen LogP contribution in [0.2, 0.25) is 5.15 Å². The average molecular weight is 362 g/mol. The molecule has 1 aromatic carbocycles. The molecular weight excluding hydrogens is 338 g/mol. The van der Waals surface area contributed by atoms with Crippen molar-refractivity contribution in [1.29, 1.82) is 0 Å². The molecule has 1 aromatic heterocycles. The zero-order chi connectivity index (χ0) is 18.0. The van der Waals surface area contributed by atoms with Crippen LogP contribution in [0.1, 0.15) is 33.6 Å². The van der Waals surface area contributed by atoms with Crippen LogP contribution in [0.3, 0.4) is 0 Å². The fourth-order valence-electron chi connectivity index (χ4n) is 3.06. The summed E-state index contributed by atoms with van der Waals surface area (Å²) < 4.78 is 5.54. The van der Waals surface area contributed by atoms with E-state index in [1.807, 2.05) is 45.0 Å². The topological polar surface area (TPSA) is 54.5 Å². The Morgan fingerprint density at radius 3 is 2.64 bits per heavy atom. The van der Waals surface area contributed by atoms with E-state index in [4.69, 9.17) is 16.3 Å². The average Bonchev–Trinajstić information content (AvgIpc) is 2.53. The van der Waals surface area contributed by atoms with Crippen molar-refractivity contribution in [3.8, 4) is 0 Å². The Hall–Kier alpha value is -2.01. The number of carbonyl (C=O) groups excluding carboxylic acids is 1. The summed E-state index contributed by atoms with van der Waals surface area (Å²) in [5.74, 6) is 0. The largest absolute Gasteiger partial charge is 0.446 e. The number of fused-ring (bicyclic) bond motifs is 1. The van der Waals surface area contributed by atoms with Crippen molar-refractivity contribution >= 4 is 34.3 Å². The Kier molecular flexibility index (Phi) is 5.04.